The smallest absolute Gasteiger partial charge is 0.501 e. The fourth-order valence-corrected chi connectivity index (χ4v) is 4.07. The Morgan fingerprint density at radius 1 is 1.12 bits per heavy atom. The molecule has 1 unspecified atom stereocenters. The summed E-state index contributed by atoms with van der Waals surface area (Å²) >= 11 is 0. The zero-order valence-electron chi connectivity index (χ0n) is 10.9. The summed E-state index contributed by atoms with van der Waals surface area (Å²) in [5.41, 5.74) is 0. The molecule has 0 aliphatic carbocycles. The molecule has 0 aromatic heterocycles. The van der Waals surface area contributed by atoms with Crippen LogP contribution in [0, 0.1) is 0 Å². The first-order valence-corrected chi connectivity index (χ1v) is 8.12. The number of hydrogen-bond acceptors (Lipinski definition) is 3. The molecule has 3 nitrogen and oxygen atoms in total. The maximum Gasteiger partial charge on any atom is 0.565 e. The lowest BCUT2D eigenvalue weighted by molar-refractivity contribution is 0.136. The molecule has 0 aliphatic rings. The monoisotopic (exact) mass is 254 g/mol. The topological polar surface area (TPSA) is 27.7 Å². The molecule has 96 valence electrons. The zero-order chi connectivity index (χ0) is 12.6. The molecule has 0 saturated carbocycles. The highest BCUT2D eigenvalue weighted by Crippen LogP contribution is 2.22. The number of para-hydroxylation sites is 1. The van der Waals surface area contributed by atoms with Crippen molar-refractivity contribution < 1.29 is 13.3 Å². The first-order chi connectivity index (χ1) is 8.26. The van der Waals surface area contributed by atoms with Gasteiger partial charge in [-0.25, -0.2) is 0 Å². The third kappa shape index (κ3) is 4.50. The second-order valence-electron chi connectivity index (χ2n) is 3.84. The van der Waals surface area contributed by atoms with E-state index in [1.807, 2.05) is 37.3 Å². The Kier molecular flexibility index (Phi) is 6.25. The van der Waals surface area contributed by atoms with Crippen LogP contribution >= 0.6 is 0 Å². The summed E-state index contributed by atoms with van der Waals surface area (Å²) in [5.74, 6) is 0.825. The van der Waals surface area contributed by atoms with Crippen LogP contribution in [-0.4, -0.2) is 22.5 Å². The molecule has 0 bridgehead atoms. The lowest BCUT2D eigenvalue weighted by atomic mass is 10.3. The van der Waals surface area contributed by atoms with E-state index in [1.54, 1.807) is 7.11 Å². The molecule has 1 rings (SSSR count). The molecule has 0 spiro atoms. The molecule has 1 aromatic carbocycles. The second-order valence-corrected chi connectivity index (χ2v) is 6.61. The predicted octanol–water partition coefficient (Wildman–Crippen LogP) is 3.49. The Morgan fingerprint density at radius 3 is 2.35 bits per heavy atom. The van der Waals surface area contributed by atoms with Crippen LogP contribution in [0.25, 0.3) is 0 Å². The van der Waals surface area contributed by atoms with E-state index < -0.39 is 8.80 Å². The average molecular weight is 254 g/mol. The van der Waals surface area contributed by atoms with Gasteiger partial charge in [-0.15, -0.1) is 0 Å². The van der Waals surface area contributed by atoms with Crippen molar-refractivity contribution in [2.24, 2.45) is 0 Å². The van der Waals surface area contributed by atoms with Gasteiger partial charge in [-0.2, -0.15) is 0 Å². The van der Waals surface area contributed by atoms with E-state index >= 15 is 0 Å². The molecule has 17 heavy (non-hydrogen) atoms. The van der Waals surface area contributed by atoms with Gasteiger partial charge in [-0.3, -0.25) is 0 Å². The minimum atomic E-state index is -2.53. The summed E-state index contributed by atoms with van der Waals surface area (Å²) < 4.78 is 17.3. The Labute approximate surface area is 105 Å². The largest absolute Gasteiger partial charge is 0.565 e. The van der Waals surface area contributed by atoms with Crippen molar-refractivity contribution in [1.82, 2.24) is 0 Å². The van der Waals surface area contributed by atoms with Gasteiger partial charge in [-0.1, -0.05) is 31.5 Å². The van der Waals surface area contributed by atoms with Crippen molar-refractivity contribution >= 4 is 8.80 Å². The van der Waals surface area contributed by atoms with E-state index in [4.69, 9.17) is 13.3 Å². The lowest BCUT2D eigenvalue weighted by Crippen LogP contribution is -2.47. The van der Waals surface area contributed by atoms with Gasteiger partial charge in [0.25, 0.3) is 0 Å². The minimum absolute atomic E-state index is 0.622. The van der Waals surface area contributed by atoms with Gasteiger partial charge in [0.15, 0.2) is 0 Å². The van der Waals surface area contributed by atoms with Crippen molar-refractivity contribution in [2.45, 2.75) is 32.7 Å². The van der Waals surface area contributed by atoms with Crippen LogP contribution in [0.5, 0.6) is 5.75 Å². The van der Waals surface area contributed by atoms with Gasteiger partial charge >= 0.3 is 8.80 Å². The third-order valence-electron chi connectivity index (χ3n) is 2.53. The first kappa shape index (κ1) is 14.2. The number of benzene rings is 1. The van der Waals surface area contributed by atoms with Gasteiger partial charge < -0.3 is 13.3 Å². The second kappa shape index (κ2) is 7.48. The third-order valence-corrected chi connectivity index (χ3v) is 5.39. The minimum Gasteiger partial charge on any atom is -0.501 e. The summed E-state index contributed by atoms with van der Waals surface area (Å²) in [4.78, 5) is 0. The summed E-state index contributed by atoms with van der Waals surface area (Å²) in [6.07, 6.45) is 2.18. The van der Waals surface area contributed by atoms with Crippen molar-refractivity contribution in [2.75, 3.05) is 13.7 Å². The molecule has 0 aliphatic heterocycles. The van der Waals surface area contributed by atoms with E-state index in [0.29, 0.717) is 6.61 Å². The highest BCUT2D eigenvalue weighted by molar-refractivity contribution is 6.61. The van der Waals surface area contributed by atoms with Crippen LogP contribution < -0.4 is 4.43 Å². The zero-order valence-corrected chi connectivity index (χ0v) is 11.9. The standard InChI is InChI=1S/C13H22O3Si/c1-4-6-12-17(14-3,15-5-2)16-13-10-8-7-9-11-13/h7-11H,4-6,12H2,1-3H3. The summed E-state index contributed by atoms with van der Waals surface area (Å²) in [5, 5.41) is 0. The van der Waals surface area contributed by atoms with Crippen LogP contribution in [0.15, 0.2) is 30.3 Å². The van der Waals surface area contributed by atoms with Crippen LogP contribution in [0.2, 0.25) is 6.04 Å². The predicted molar refractivity (Wildman–Crippen MR) is 71.2 cm³/mol. The maximum atomic E-state index is 5.99. The number of unbranched alkanes of at least 4 members (excludes halogenated alkanes) is 1. The van der Waals surface area contributed by atoms with Gasteiger partial charge in [0.05, 0.1) is 0 Å². The molecular weight excluding hydrogens is 232 g/mol. The van der Waals surface area contributed by atoms with E-state index in [9.17, 15) is 0 Å². The van der Waals surface area contributed by atoms with E-state index in [0.717, 1.165) is 24.6 Å². The molecular formula is C13H22O3Si. The fourth-order valence-electron chi connectivity index (χ4n) is 1.64. The average Bonchev–Trinajstić information content (AvgIpc) is 2.37. The highest BCUT2D eigenvalue weighted by Gasteiger charge is 2.41. The van der Waals surface area contributed by atoms with E-state index in [-0.39, 0.29) is 0 Å². The quantitative estimate of drug-likeness (QED) is 0.665. The Morgan fingerprint density at radius 2 is 1.82 bits per heavy atom. The van der Waals surface area contributed by atoms with Gasteiger partial charge in [0, 0.05) is 19.8 Å². The van der Waals surface area contributed by atoms with Crippen LogP contribution in [0.3, 0.4) is 0 Å². The number of hydrogen-bond donors (Lipinski definition) is 0. The molecule has 4 heteroatoms. The number of rotatable bonds is 8. The van der Waals surface area contributed by atoms with Crippen LogP contribution in [0.1, 0.15) is 26.7 Å². The molecule has 1 aromatic rings. The molecule has 0 heterocycles. The van der Waals surface area contributed by atoms with Gasteiger partial charge in [0.1, 0.15) is 5.75 Å². The Balaban J connectivity index is 2.74. The maximum absolute atomic E-state index is 5.99. The van der Waals surface area contributed by atoms with Gasteiger partial charge in [-0.05, 0) is 25.5 Å². The Hall–Kier alpha value is -0.843. The molecule has 0 fully saturated rings. The molecule has 0 saturated heterocycles. The van der Waals surface area contributed by atoms with E-state index in [2.05, 4.69) is 6.92 Å². The first-order valence-electron chi connectivity index (χ1n) is 6.19. The normalized spacial score (nSPS) is 14.3. The van der Waals surface area contributed by atoms with E-state index in [1.165, 1.54) is 0 Å². The van der Waals surface area contributed by atoms with Crippen LogP contribution in [-0.2, 0) is 8.85 Å². The molecule has 1 atom stereocenters. The van der Waals surface area contributed by atoms with Crippen molar-refractivity contribution in [3.63, 3.8) is 0 Å². The van der Waals surface area contributed by atoms with Crippen molar-refractivity contribution in [1.29, 1.82) is 0 Å². The van der Waals surface area contributed by atoms with Crippen molar-refractivity contribution in [3.8, 4) is 5.75 Å². The highest BCUT2D eigenvalue weighted by atomic mass is 28.4. The summed E-state index contributed by atoms with van der Waals surface area (Å²) in [7, 11) is -0.850. The SMILES string of the molecule is CCCC[Si](OC)(OCC)Oc1ccccc1. The molecule has 0 N–H and O–H groups in total. The fraction of sp³-hybridized carbons (Fsp3) is 0.538. The Bertz CT molecular complexity index is 305. The summed E-state index contributed by atoms with van der Waals surface area (Å²) in [6, 6.07) is 10.6. The summed E-state index contributed by atoms with van der Waals surface area (Å²) in [6.45, 7) is 4.75. The molecule has 0 amide bonds. The van der Waals surface area contributed by atoms with Crippen LogP contribution in [0.4, 0.5) is 0 Å². The van der Waals surface area contributed by atoms with Crippen molar-refractivity contribution in [3.05, 3.63) is 30.3 Å². The van der Waals surface area contributed by atoms with Gasteiger partial charge in [0.2, 0.25) is 0 Å². The lowest BCUT2D eigenvalue weighted by Gasteiger charge is -2.28. The molecule has 0 radical (unpaired) electrons.